The maximum Gasteiger partial charge on any atom is 0.250 e. The fourth-order valence-electron chi connectivity index (χ4n) is 1.45. The van der Waals surface area contributed by atoms with Crippen LogP contribution in [-0.2, 0) is 14.7 Å². The Labute approximate surface area is 105 Å². The first kappa shape index (κ1) is 14.1. The molecule has 97 valence electrons. The third-order valence-electron chi connectivity index (χ3n) is 2.28. The van der Waals surface area contributed by atoms with Gasteiger partial charge in [-0.25, -0.2) is 5.11 Å². The van der Waals surface area contributed by atoms with Gasteiger partial charge < -0.3 is 16.4 Å². The van der Waals surface area contributed by atoms with Crippen molar-refractivity contribution in [3.63, 3.8) is 0 Å². The predicted molar refractivity (Wildman–Crippen MR) is 64.9 cm³/mol. The van der Waals surface area contributed by atoms with E-state index in [1.807, 2.05) is 0 Å². The lowest BCUT2D eigenvalue weighted by molar-refractivity contribution is -0.131. The monoisotopic (exact) mass is 250 g/mol. The molecule has 0 spiro atoms. The molecule has 1 rings (SSSR count). The van der Waals surface area contributed by atoms with E-state index in [0.29, 0.717) is 18.7 Å². The Balaban J connectivity index is 2.81. The van der Waals surface area contributed by atoms with E-state index in [4.69, 9.17) is 5.73 Å². The highest BCUT2D eigenvalue weighted by Crippen LogP contribution is 2.12. The average molecular weight is 250 g/mol. The van der Waals surface area contributed by atoms with Gasteiger partial charge in [-0.2, -0.15) is 0 Å². The van der Waals surface area contributed by atoms with Crippen LogP contribution in [0.2, 0.25) is 0 Å². The van der Waals surface area contributed by atoms with Crippen LogP contribution in [-0.4, -0.2) is 31.5 Å². The minimum atomic E-state index is -0.909. The van der Waals surface area contributed by atoms with Gasteiger partial charge in [0, 0.05) is 13.1 Å². The maximum atomic E-state index is 11.9. The highest BCUT2D eigenvalue weighted by molar-refractivity contribution is 5.88. The van der Waals surface area contributed by atoms with Gasteiger partial charge in [0.05, 0.1) is 0 Å². The Bertz CT molecular complexity index is 395. The van der Waals surface area contributed by atoms with Crippen LogP contribution in [0.1, 0.15) is 11.6 Å². The van der Waals surface area contributed by atoms with Gasteiger partial charge in [0.1, 0.15) is 6.04 Å². The van der Waals surface area contributed by atoms with Crippen LogP contribution in [0.3, 0.4) is 0 Å². The van der Waals surface area contributed by atoms with Crippen LogP contribution < -0.4 is 16.4 Å². The SMILES string of the molecule is NCCNC(=O)[C@H](NC(=O)C[O])c1ccccc1. The molecule has 0 aliphatic rings. The summed E-state index contributed by atoms with van der Waals surface area (Å²) in [5.41, 5.74) is 5.91. The van der Waals surface area contributed by atoms with Crippen molar-refractivity contribution >= 4 is 11.8 Å². The highest BCUT2D eigenvalue weighted by Gasteiger charge is 2.21. The molecule has 0 aromatic heterocycles. The Morgan fingerprint density at radius 1 is 1.22 bits per heavy atom. The number of hydrogen-bond donors (Lipinski definition) is 3. The Morgan fingerprint density at radius 2 is 1.89 bits per heavy atom. The molecule has 1 aromatic rings. The van der Waals surface area contributed by atoms with E-state index in [2.05, 4.69) is 10.6 Å². The van der Waals surface area contributed by atoms with Crippen LogP contribution in [0.15, 0.2) is 30.3 Å². The molecule has 0 fully saturated rings. The number of carbonyl (C=O) groups excluding carboxylic acids is 2. The zero-order chi connectivity index (χ0) is 13.4. The normalized spacial score (nSPS) is 11.7. The molecule has 0 aliphatic heterocycles. The highest BCUT2D eigenvalue weighted by atomic mass is 16.3. The van der Waals surface area contributed by atoms with Crippen molar-refractivity contribution in [2.24, 2.45) is 5.73 Å². The molecule has 2 amide bonds. The lowest BCUT2D eigenvalue weighted by atomic mass is 10.1. The third kappa shape index (κ3) is 4.15. The van der Waals surface area contributed by atoms with Gasteiger partial charge in [-0.1, -0.05) is 30.3 Å². The summed E-state index contributed by atoms with van der Waals surface area (Å²) in [7, 11) is 0. The lowest BCUT2D eigenvalue weighted by Gasteiger charge is -2.17. The summed E-state index contributed by atoms with van der Waals surface area (Å²) in [6.07, 6.45) is 0. The van der Waals surface area contributed by atoms with Crippen LogP contribution in [0.25, 0.3) is 0 Å². The Hall–Kier alpha value is -1.92. The van der Waals surface area contributed by atoms with Crippen molar-refractivity contribution in [3.8, 4) is 0 Å². The first-order valence-electron chi connectivity index (χ1n) is 5.59. The van der Waals surface area contributed by atoms with E-state index in [1.165, 1.54) is 0 Å². The quantitative estimate of drug-likeness (QED) is 0.624. The zero-order valence-electron chi connectivity index (χ0n) is 9.89. The van der Waals surface area contributed by atoms with Gasteiger partial charge in [-0.3, -0.25) is 9.59 Å². The van der Waals surface area contributed by atoms with E-state index in [1.54, 1.807) is 30.3 Å². The standard InChI is InChI=1S/C12H16N3O3/c13-6-7-14-12(18)11(15-10(17)8-16)9-4-2-1-3-5-9/h1-5,11H,6-8,13H2,(H,14,18)(H,15,17)/t11-/m1/s1. The number of rotatable bonds is 6. The number of carbonyl (C=O) groups is 2. The van der Waals surface area contributed by atoms with Gasteiger partial charge in [-0.15, -0.1) is 0 Å². The molecule has 0 bridgehead atoms. The Morgan fingerprint density at radius 3 is 2.44 bits per heavy atom. The van der Waals surface area contributed by atoms with Crippen LogP contribution in [0, 0.1) is 0 Å². The topological polar surface area (TPSA) is 104 Å². The van der Waals surface area contributed by atoms with Crippen molar-refractivity contribution in [1.29, 1.82) is 0 Å². The van der Waals surface area contributed by atoms with Gasteiger partial charge in [-0.05, 0) is 5.56 Å². The van der Waals surface area contributed by atoms with E-state index >= 15 is 0 Å². The molecule has 0 saturated heterocycles. The Kier molecular flexibility index (Phi) is 5.83. The predicted octanol–water partition coefficient (Wildman–Crippen LogP) is -0.651. The molecule has 6 nitrogen and oxygen atoms in total. The second-order valence-corrected chi connectivity index (χ2v) is 3.64. The first-order valence-corrected chi connectivity index (χ1v) is 5.59. The summed E-state index contributed by atoms with van der Waals surface area (Å²) in [6.45, 7) is -0.286. The summed E-state index contributed by atoms with van der Waals surface area (Å²) in [5.74, 6) is -1.10. The second-order valence-electron chi connectivity index (χ2n) is 3.64. The van der Waals surface area contributed by atoms with Crippen LogP contribution in [0.5, 0.6) is 0 Å². The van der Waals surface area contributed by atoms with E-state index in [9.17, 15) is 14.7 Å². The summed E-state index contributed by atoms with van der Waals surface area (Å²) in [5, 5.41) is 15.4. The van der Waals surface area contributed by atoms with Gasteiger partial charge in [0.15, 0.2) is 6.61 Å². The van der Waals surface area contributed by atoms with Crippen molar-refractivity contribution in [2.75, 3.05) is 19.7 Å². The zero-order valence-corrected chi connectivity index (χ0v) is 9.89. The number of benzene rings is 1. The molecular formula is C12H16N3O3. The van der Waals surface area contributed by atoms with E-state index in [0.717, 1.165) is 0 Å². The summed E-state index contributed by atoms with van der Waals surface area (Å²) >= 11 is 0. The molecule has 1 radical (unpaired) electrons. The van der Waals surface area contributed by atoms with Crippen LogP contribution >= 0.6 is 0 Å². The van der Waals surface area contributed by atoms with E-state index < -0.39 is 18.6 Å². The molecule has 4 N–H and O–H groups in total. The van der Waals surface area contributed by atoms with E-state index in [-0.39, 0.29) is 5.91 Å². The molecule has 18 heavy (non-hydrogen) atoms. The lowest BCUT2D eigenvalue weighted by Crippen LogP contribution is -2.42. The summed E-state index contributed by atoms with van der Waals surface area (Å²) < 4.78 is 0. The minimum absolute atomic E-state index is 0.308. The third-order valence-corrected chi connectivity index (χ3v) is 2.28. The van der Waals surface area contributed by atoms with Crippen LogP contribution in [0.4, 0.5) is 0 Å². The van der Waals surface area contributed by atoms with Gasteiger partial charge >= 0.3 is 0 Å². The summed E-state index contributed by atoms with van der Waals surface area (Å²) in [6, 6.07) is 7.85. The molecule has 1 aromatic carbocycles. The molecule has 0 heterocycles. The van der Waals surface area contributed by atoms with Crippen molar-refractivity contribution in [2.45, 2.75) is 6.04 Å². The molecule has 6 heteroatoms. The fourth-order valence-corrected chi connectivity index (χ4v) is 1.45. The maximum absolute atomic E-state index is 11.9. The molecule has 0 aliphatic carbocycles. The molecular weight excluding hydrogens is 234 g/mol. The number of hydrogen-bond acceptors (Lipinski definition) is 3. The fraction of sp³-hybridized carbons (Fsp3) is 0.333. The number of nitrogens with two attached hydrogens (primary N) is 1. The minimum Gasteiger partial charge on any atom is -0.353 e. The number of nitrogens with one attached hydrogen (secondary N) is 2. The molecule has 1 atom stereocenters. The van der Waals surface area contributed by atoms with Crippen molar-refractivity contribution in [3.05, 3.63) is 35.9 Å². The first-order chi connectivity index (χ1) is 8.69. The summed E-state index contributed by atoms with van der Waals surface area (Å²) in [4.78, 5) is 23.0. The smallest absolute Gasteiger partial charge is 0.250 e. The van der Waals surface area contributed by atoms with Crippen molar-refractivity contribution in [1.82, 2.24) is 10.6 Å². The average Bonchev–Trinajstić information content (AvgIpc) is 2.42. The van der Waals surface area contributed by atoms with Gasteiger partial charge in [0.2, 0.25) is 11.8 Å². The van der Waals surface area contributed by atoms with Gasteiger partial charge in [0.25, 0.3) is 0 Å². The number of amides is 2. The van der Waals surface area contributed by atoms with Crippen molar-refractivity contribution < 1.29 is 14.7 Å². The molecule has 0 saturated carbocycles. The second kappa shape index (κ2) is 7.41. The molecule has 0 unspecified atom stereocenters. The largest absolute Gasteiger partial charge is 0.353 e.